The maximum Gasteiger partial charge on any atom is 0.183 e. The van der Waals surface area contributed by atoms with Gasteiger partial charge in [-0.3, -0.25) is 0 Å². The summed E-state index contributed by atoms with van der Waals surface area (Å²) in [6, 6.07) is 13.9. The minimum absolute atomic E-state index is 0.0672. The van der Waals surface area contributed by atoms with E-state index < -0.39 is 9.84 Å². The lowest BCUT2D eigenvalue weighted by atomic mass is 10.2. The molecule has 0 saturated carbocycles. The number of benzene rings is 2. The van der Waals surface area contributed by atoms with Crippen molar-refractivity contribution in [1.82, 2.24) is 4.98 Å². The van der Waals surface area contributed by atoms with E-state index in [1.165, 1.54) is 11.3 Å². The molecule has 1 aromatic heterocycles. The first-order valence-electron chi connectivity index (χ1n) is 7.70. The van der Waals surface area contributed by atoms with Crippen molar-refractivity contribution in [3.63, 3.8) is 0 Å². The van der Waals surface area contributed by atoms with E-state index in [2.05, 4.69) is 4.98 Å². The van der Waals surface area contributed by atoms with E-state index in [4.69, 9.17) is 17.3 Å². The van der Waals surface area contributed by atoms with Crippen molar-refractivity contribution in [2.45, 2.75) is 17.1 Å². The molecule has 130 valence electrons. The van der Waals surface area contributed by atoms with Gasteiger partial charge in [-0.25, -0.2) is 13.4 Å². The fraction of sp³-hybridized carbons (Fsp3) is 0.167. The Morgan fingerprint density at radius 2 is 1.88 bits per heavy atom. The first-order chi connectivity index (χ1) is 12.0. The zero-order valence-electron chi connectivity index (χ0n) is 13.4. The van der Waals surface area contributed by atoms with E-state index in [0.29, 0.717) is 29.2 Å². The van der Waals surface area contributed by atoms with Crippen LogP contribution in [-0.4, -0.2) is 19.9 Å². The van der Waals surface area contributed by atoms with Crippen LogP contribution in [0.15, 0.2) is 58.8 Å². The maximum atomic E-state index is 13.0. The van der Waals surface area contributed by atoms with Crippen molar-refractivity contribution >= 4 is 32.8 Å². The number of thiazole rings is 1. The van der Waals surface area contributed by atoms with Crippen LogP contribution in [0, 0.1) is 0 Å². The lowest BCUT2D eigenvalue weighted by Crippen LogP contribution is -2.07. The Hall–Kier alpha value is -1.73. The molecular formula is C18H17ClN2O2S2. The lowest BCUT2D eigenvalue weighted by Gasteiger charge is -2.10. The van der Waals surface area contributed by atoms with E-state index in [9.17, 15) is 8.42 Å². The minimum Gasteiger partial charge on any atom is -0.330 e. The number of hydrogen-bond donors (Lipinski definition) is 1. The molecule has 0 spiro atoms. The molecule has 0 aliphatic heterocycles. The van der Waals surface area contributed by atoms with Crippen molar-refractivity contribution < 1.29 is 8.42 Å². The van der Waals surface area contributed by atoms with Crippen LogP contribution in [0.4, 0.5) is 0 Å². The molecule has 4 nitrogen and oxygen atoms in total. The molecular weight excluding hydrogens is 376 g/mol. The molecule has 0 unspecified atom stereocenters. The third kappa shape index (κ3) is 4.27. The average molecular weight is 393 g/mol. The lowest BCUT2D eigenvalue weighted by molar-refractivity contribution is 0.595. The van der Waals surface area contributed by atoms with Gasteiger partial charge in [-0.05, 0) is 30.3 Å². The van der Waals surface area contributed by atoms with Gasteiger partial charge in [0.05, 0.1) is 21.3 Å². The number of aromatic nitrogens is 1. The van der Waals surface area contributed by atoms with Gasteiger partial charge in [0, 0.05) is 22.4 Å². The molecule has 2 N–H and O–H groups in total. The Labute approximate surface area is 156 Å². The number of rotatable bonds is 6. The summed E-state index contributed by atoms with van der Waals surface area (Å²) in [4.78, 5) is 4.75. The van der Waals surface area contributed by atoms with Crippen LogP contribution in [0.5, 0.6) is 0 Å². The summed E-state index contributed by atoms with van der Waals surface area (Å²) in [6.45, 7) is 0.502. The fourth-order valence-corrected chi connectivity index (χ4v) is 5.06. The quantitative estimate of drug-likeness (QED) is 0.689. The largest absolute Gasteiger partial charge is 0.330 e. The van der Waals surface area contributed by atoms with E-state index in [1.807, 2.05) is 23.6 Å². The van der Waals surface area contributed by atoms with Crippen molar-refractivity contribution in [2.75, 3.05) is 6.54 Å². The molecule has 25 heavy (non-hydrogen) atoms. The zero-order chi connectivity index (χ0) is 17.9. The molecule has 2 aromatic carbocycles. The van der Waals surface area contributed by atoms with Crippen molar-refractivity contribution in [3.8, 4) is 11.3 Å². The number of nitrogens with two attached hydrogens (primary N) is 1. The first-order valence-corrected chi connectivity index (χ1v) is 10.6. The number of nitrogens with zero attached hydrogens (tertiary/aromatic N) is 1. The van der Waals surface area contributed by atoms with Crippen LogP contribution in [-0.2, 0) is 22.0 Å². The first kappa shape index (κ1) is 18.1. The van der Waals surface area contributed by atoms with Gasteiger partial charge in [-0.2, -0.15) is 0 Å². The maximum absolute atomic E-state index is 13.0. The predicted molar refractivity (Wildman–Crippen MR) is 103 cm³/mol. The molecule has 7 heteroatoms. The second kappa shape index (κ2) is 7.66. The van der Waals surface area contributed by atoms with E-state index >= 15 is 0 Å². The molecule has 3 aromatic rings. The average Bonchev–Trinajstić information content (AvgIpc) is 3.04. The third-order valence-corrected chi connectivity index (χ3v) is 6.55. The smallest absolute Gasteiger partial charge is 0.183 e. The molecule has 0 aliphatic rings. The Balaban J connectivity index is 2.04. The van der Waals surface area contributed by atoms with Gasteiger partial charge in [0.2, 0.25) is 0 Å². The molecule has 0 bridgehead atoms. The molecule has 0 atom stereocenters. The van der Waals surface area contributed by atoms with E-state index in [1.54, 1.807) is 30.3 Å². The Morgan fingerprint density at radius 3 is 2.60 bits per heavy atom. The van der Waals surface area contributed by atoms with Gasteiger partial charge >= 0.3 is 0 Å². The van der Waals surface area contributed by atoms with Gasteiger partial charge in [0.15, 0.2) is 9.84 Å². The summed E-state index contributed by atoms with van der Waals surface area (Å²) in [5.41, 5.74) is 7.45. The molecule has 1 heterocycles. The van der Waals surface area contributed by atoms with Gasteiger partial charge in [-0.1, -0.05) is 41.9 Å². The standard InChI is InChI=1S/C18H17ClN2O2S2/c19-14-6-7-17(25(22,23)12-13-4-2-1-3-5-13)15(10-14)16-11-24-18(21-16)8-9-20/h1-7,10-11H,8-9,12,20H2. The molecule has 0 aliphatic carbocycles. The highest BCUT2D eigenvalue weighted by Crippen LogP contribution is 2.32. The van der Waals surface area contributed by atoms with Crippen molar-refractivity contribution in [2.24, 2.45) is 5.73 Å². The van der Waals surface area contributed by atoms with Crippen LogP contribution < -0.4 is 5.73 Å². The third-order valence-electron chi connectivity index (χ3n) is 3.66. The van der Waals surface area contributed by atoms with Crippen LogP contribution >= 0.6 is 22.9 Å². The molecule has 0 fully saturated rings. The monoisotopic (exact) mass is 392 g/mol. The molecule has 0 saturated heterocycles. The second-order valence-electron chi connectivity index (χ2n) is 5.55. The molecule has 0 amide bonds. The van der Waals surface area contributed by atoms with Gasteiger partial charge in [0.25, 0.3) is 0 Å². The topological polar surface area (TPSA) is 73.0 Å². The highest BCUT2D eigenvalue weighted by Gasteiger charge is 2.22. The summed E-state index contributed by atoms with van der Waals surface area (Å²) in [5, 5.41) is 3.20. The van der Waals surface area contributed by atoms with Gasteiger partial charge in [-0.15, -0.1) is 11.3 Å². The SMILES string of the molecule is NCCc1nc(-c2cc(Cl)ccc2S(=O)(=O)Cc2ccccc2)cs1. The second-order valence-corrected chi connectivity index (χ2v) is 8.89. The Bertz CT molecular complexity index is 970. The summed E-state index contributed by atoms with van der Waals surface area (Å²) >= 11 is 7.57. The number of halogens is 1. The van der Waals surface area contributed by atoms with E-state index in [-0.39, 0.29) is 10.6 Å². The highest BCUT2D eigenvalue weighted by molar-refractivity contribution is 7.90. The Kier molecular flexibility index (Phi) is 5.54. The zero-order valence-corrected chi connectivity index (χ0v) is 15.7. The minimum atomic E-state index is -3.53. The van der Waals surface area contributed by atoms with Crippen LogP contribution in [0.2, 0.25) is 5.02 Å². The Morgan fingerprint density at radius 1 is 1.12 bits per heavy atom. The fourth-order valence-electron chi connectivity index (χ4n) is 2.52. The number of hydrogen-bond acceptors (Lipinski definition) is 5. The van der Waals surface area contributed by atoms with Crippen molar-refractivity contribution in [3.05, 3.63) is 69.5 Å². The molecule has 3 rings (SSSR count). The molecule has 0 radical (unpaired) electrons. The van der Waals surface area contributed by atoms with Crippen LogP contribution in [0.25, 0.3) is 11.3 Å². The summed E-state index contributed by atoms with van der Waals surface area (Å²) in [6.07, 6.45) is 0.664. The van der Waals surface area contributed by atoms with Crippen LogP contribution in [0.3, 0.4) is 0 Å². The van der Waals surface area contributed by atoms with Gasteiger partial charge < -0.3 is 5.73 Å². The van der Waals surface area contributed by atoms with E-state index in [0.717, 1.165) is 10.6 Å². The highest BCUT2D eigenvalue weighted by atomic mass is 35.5. The summed E-state index contributed by atoms with van der Waals surface area (Å²) < 4.78 is 25.9. The van der Waals surface area contributed by atoms with Gasteiger partial charge in [0.1, 0.15) is 0 Å². The predicted octanol–water partition coefficient (Wildman–Crippen LogP) is 3.94. The van der Waals surface area contributed by atoms with Crippen LogP contribution in [0.1, 0.15) is 10.6 Å². The van der Waals surface area contributed by atoms with Crippen molar-refractivity contribution in [1.29, 1.82) is 0 Å². The summed E-state index contributed by atoms with van der Waals surface area (Å²) in [5.74, 6) is -0.0672. The number of sulfone groups is 1. The normalized spacial score (nSPS) is 11.6. The summed E-state index contributed by atoms with van der Waals surface area (Å²) in [7, 11) is -3.53.